The number of piperazine rings is 1. The number of para-hydroxylation sites is 3. The number of halogens is 4. The standard InChI is InChI=1S/C26H30ClN5O4S.C11H14N3O2S.C10H11N3O2S.C7H9N4O2S.C6H6N4O2S.CHF3O3S/c1-29(21-9-3-2-4-10-21)37(34,35)31-16-14-30(15-17-31)24-19-28-32(22-11-7-8-20(27)18-22)26(33)25(24)36-23-12-5-6-13-23;1-12-8-9-14(10-12)17(15,16)13(2)11-6-4-3-5-7-11;1-12(10-5-3-2-4-6-10)16(14,15)13-8-7-11-9-13;1-9-4-5-11(7-9)14(12,13)10-3-2-8-6-10;11-13(12,9-3-1-7-5-9)10-4-2-8-6-10;2-1(3,4)8(5,6)7/h2-4,7-11,18-19,23H,5-6,12-17H2,1H3;3-10H,1-2H3;2-9H,1H3;2-7H,1H3;1-6H;(H,5,6,7)/q;+1;;+1;;/p-1. The van der Waals surface area contributed by atoms with Crippen molar-refractivity contribution in [1.82, 2.24) is 57.9 Å². The summed E-state index contributed by atoms with van der Waals surface area (Å²) in [5, 5.41) is 4.93. The van der Waals surface area contributed by atoms with Gasteiger partial charge in [0.15, 0.2) is 10.1 Å². The average Bonchev–Trinajstić information content (AvgIpc) is 1.73. The Bertz CT molecular complexity index is 5330. The summed E-state index contributed by atoms with van der Waals surface area (Å²) < 4.78 is 203. The molecule has 1 saturated heterocycles. The minimum absolute atomic E-state index is 0.0251. The highest BCUT2D eigenvalue weighted by molar-refractivity contribution is 7.91. The van der Waals surface area contributed by atoms with Gasteiger partial charge in [-0.15, -0.1) is 7.94 Å². The van der Waals surface area contributed by atoms with Crippen molar-refractivity contribution >= 4 is 95.5 Å². The molecule has 7 aromatic heterocycles. The van der Waals surface area contributed by atoms with E-state index >= 15 is 0 Å². The van der Waals surface area contributed by atoms with Crippen LogP contribution in [0.15, 0.2) is 239 Å². The van der Waals surface area contributed by atoms with E-state index in [0.717, 1.165) is 45.5 Å². The zero-order valence-corrected chi connectivity index (χ0v) is 61.9. The van der Waals surface area contributed by atoms with E-state index in [2.05, 4.69) is 25.0 Å². The highest BCUT2D eigenvalue weighted by atomic mass is 35.5. The van der Waals surface area contributed by atoms with Gasteiger partial charge in [0.25, 0.3) is 12.7 Å². The molecule has 44 heteroatoms. The smallest absolute Gasteiger partial charge is 0.485 e. The van der Waals surface area contributed by atoms with Gasteiger partial charge in [-0.2, -0.15) is 73.3 Å². The first-order chi connectivity index (χ1) is 49.5. The van der Waals surface area contributed by atoms with Crippen LogP contribution in [-0.2, 0) is 75.3 Å². The molecule has 11 aromatic rings. The summed E-state index contributed by atoms with van der Waals surface area (Å²) in [6.07, 6.45) is 30.9. The Labute approximate surface area is 608 Å². The van der Waals surface area contributed by atoms with Gasteiger partial charge in [0.05, 0.1) is 49.1 Å². The average molecular weight is 1590 g/mol. The maximum Gasteiger partial charge on any atom is 0.485 e. The second-order valence-corrected chi connectivity index (χ2v) is 33.2. The minimum atomic E-state index is -6.09. The van der Waals surface area contributed by atoms with Crippen LogP contribution in [0.1, 0.15) is 25.7 Å². The number of hydrogen-bond donors (Lipinski definition) is 0. The first-order valence-electron chi connectivity index (χ1n) is 30.8. The normalized spacial score (nSPS) is 13.7. The molecule has 1 aliphatic carbocycles. The van der Waals surface area contributed by atoms with E-state index in [9.17, 15) is 60.1 Å². The van der Waals surface area contributed by atoms with Gasteiger partial charge in [0.2, 0.25) is 5.75 Å². The predicted octanol–water partition coefficient (Wildman–Crippen LogP) is 4.29. The second kappa shape index (κ2) is 34.5. The molecule has 13 rings (SSSR count). The van der Waals surface area contributed by atoms with Gasteiger partial charge in [-0.05, 0) is 80.3 Å². The van der Waals surface area contributed by atoms with Crippen LogP contribution >= 0.6 is 11.6 Å². The largest absolute Gasteiger partial charge is 0.741 e. The molecule has 562 valence electrons. The molecule has 8 heterocycles. The first kappa shape index (κ1) is 80.4. The van der Waals surface area contributed by atoms with Gasteiger partial charge in [0.1, 0.15) is 55.8 Å². The summed E-state index contributed by atoms with van der Waals surface area (Å²) in [5.74, 6) is 0.250. The zero-order chi connectivity index (χ0) is 76.5. The van der Waals surface area contributed by atoms with E-state index in [1.54, 1.807) is 134 Å². The molecule has 0 radical (unpaired) electrons. The van der Waals surface area contributed by atoms with Crippen molar-refractivity contribution < 1.29 is 82.1 Å². The van der Waals surface area contributed by atoms with Crippen molar-refractivity contribution in [1.29, 1.82) is 0 Å². The number of nitrogens with zero attached hydrogens (tertiary/aromatic N) is 19. The molecule has 0 bridgehead atoms. The molecule has 0 atom stereocenters. The molecule has 105 heavy (non-hydrogen) atoms. The number of hydrogen-bond acceptors (Lipinski definition) is 21. The van der Waals surface area contributed by atoms with E-state index in [-0.39, 0.29) is 30.5 Å². The van der Waals surface area contributed by atoms with Crippen LogP contribution in [0.2, 0.25) is 5.02 Å². The number of benzene rings is 4. The molecule has 4 aromatic carbocycles. The molecule has 1 aliphatic heterocycles. The molecular formula is C61H70ClF3N19O15S6+. The lowest BCUT2D eigenvalue weighted by Crippen LogP contribution is -2.52. The van der Waals surface area contributed by atoms with Gasteiger partial charge in [-0.25, -0.2) is 53.7 Å². The van der Waals surface area contributed by atoms with E-state index in [4.69, 9.17) is 29.3 Å². The van der Waals surface area contributed by atoms with E-state index < -0.39 is 66.7 Å². The highest BCUT2D eigenvalue weighted by Crippen LogP contribution is 2.32. The van der Waals surface area contributed by atoms with Crippen molar-refractivity contribution in [3.63, 3.8) is 0 Å². The highest BCUT2D eigenvalue weighted by Gasteiger charge is 2.37. The zero-order valence-electron chi connectivity index (χ0n) is 56.3. The lowest BCUT2D eigenvalue weighted by atomic mass is 10.2. The van der Waals surface area contributed by atoms with Crippen LogP contribution in [0.25, 0.3) is 5.69 Å². The van der Waals surface area contributed by atoms with Crippen molar-refractivity contribution in [3.8, 4) is 11.4 Å². The van der Waals surface area contributed by atoms with Crippen LogP contribution in [0, 0.1) is 0 Å². The van der Waals surface area contributed by atoms with Crippen LogP contribution in [-0.4, -0.2) is 172 Å². The van der Waals surface area contributed by atoms with Gasteiger partial charge in [0, 0.05) is 102 Å². The van der Waals surface area contributed by atoms with Gasteiger partial charge in [-0.3, -0.25) is 13.4 Å². The Morgan fingerprint density at radius 1 is 0.524 bits per heavy atom. The number of imidazole rings is 6. The number of anilines is 4. The molecular weight excluding hydrogens is 1520 g/mol. The summed E-state index contributed by atoms with van der Waals surface area (Å²) >= 11 is 6.15. The molecule has 0 unspecified atom stereocenters. The van der Waals surface area contributed by atoms with Crippen LogP contribution in [0.4, 0.5) is 35.9 Å². The van der Waals surface area contributed by atoms with Crippen LogP contribution < -0.4 is 37.2 Å². The third-order valence-electron chi connectivity index (χ3n) is 15.1. The molecule has 1 saturated carbocycles. The summed E-state index contributed by atoms with van der Waals surface area (Å²) in [6, 6.07) is 33.8. The van der Waals surface area contributed by atoms with Crippen LogP contribution in [0.3, 0.4) is 0 Å². The number of aryl methyl sites for hydroxylation is 2. The predicted molar refractivity (Wildman–Crippen MR) is 379 cm³/mol. The maximum atomic E-state index is 13.6. The summed E-state index contributed by atoms with van der Waals surface area (Å²) in [6.45, 7) is 1.37. The summed E-state index contributed by atoms with van der Waals surface area (Å²) in [4.78, 5) is 30.3. The molecule has 0 amide bonds. The second-order valence-electron chi connectivity index (χ2n) is 22.2. The number of aromatic nitrogens is 14. The van der Waals surface area contributed by atoms with Gasteiger partial charge >= 0.3 is 62.1 Å². The van der Waals surface area contributed by atoms with E-state index in [0.29, 0.717) is 46.5 Å². The Hall–Kier alpha value is -10.3. The topological polar surface area (TPSA) is 377 Å². The SMILES string of the molecule is CN(c1ccccc1)S(=O)(=O)N1CCN(c2cnn(-c3cccc(Cl)c3)c(=O)c2OC2CCCC2)CC1.CN(c1ccccc1)S(=O)(=O)n1cc[n+](C)c1.CN(c1ccccc1)S(=O)(=O)n1ccnc1.C[n+]1ccn(S(=O)(=O)n2ccnc2)c1.O=S(=O)([O-])C(F)(F)F.O=S(=O)(n1ccnc1)n1ccnc1. The number of ether oxygens (including phenoxy) is 1. The van der Waals surface area contributed by atoms with Crippen molar-refractivity contribution in [2.75, 3.05) is 65.1 Å². The summed E-state index contributed by atoms with van der Waals surface area (Å²) in [5.41, 5.74) is -3.02. The third kappa shape index (κ3) is 20.4. The fraction of sp³-hybridized carbons (Fsp3) is 0.246. The fourth-order valence-corrected chi connectivity index (χ4v) is 15.3. The molecule has 0 spiro atoms. The summed E-state index contributed by atoms with van der Waals surface area (Å²) in [7, 11) is -15.8. The van der Waals surface area contributed by atoms with E-state index in [1.807, 2.05) is 35.2 Å². The molecule has 2 aliphatic rings. The van der Waals surface area contributed by atoms with Gasteiger partial charge < -0.3 is 14.2 Å². The van der Waals surface area contributed by atoms with Crippen LogP contribution in [0.5, 0.6) is 5.75 Å². The van der Waals surface area contributed by atoms with Crippen molar-refractivity contribution in [2.45, 2.75) is 37.3 Å². The Kier molecular flexibility index (Phi) is 26.5. The lowest BCUT2D eigenvalue weighted by molar-refractivity contribution is -0.670. The molecule has 34 nitrogen and oxygen atoms in total. The minimum Gasteiger partial charge on any atom is -0.741 e. The Morgan fingerprint density at radius 2 is 0.914 bits per heavy atom. The van der Waals surface area contributed by atoms with Gasteiger partial charge in [-0.1, -0.05) is 72.3 Å². The molecule has 2 fully saturated rings. The number of rotatable bonds is 17. The van der Waals surface area contributed by atoms with Crippen molar-refractivity contribution in [3.05, 3.63) is 249 Å². The quantitative estimate of drug-likeness (QED) is 0.0697. The maximum absolute atomic E-state index is 13.6. The lowest BCUT2D eigenvalue weighted by Gasteiger charge is -2.37. The third-order valence-corrected chi connectivity index (χ3v) is 24.2. The monoisotopic (exact) mass is 1590 g/mol. The fourth-order valence-electron chi connectivity index (χ4n) is 9.54. The van der Waals surface area contributed by atoms with E-state index in [1.165, 1.54) is 140 Å². The number of alkyl halides is 3. The first-order valence-corrected chi connectivity index (χ1v) is 39.5. The molecule has 0 N–H and O–H groups in total. The van der Waals surface area contributed by atoms with Crippen molar-refractivity contribution in [2.24, 2.45) is 14.1 Å². The Morgan fingerprint density at radius 3 is 1.30 bits per heavy atom. The Balaban J connectivity index is 0.000000173.